The summed E-state index contributed by atoms with van der Waals surface area (Å²) >= 11 is 3.34. The lowest BCUT2D eigenvalue weighted by molar-refractivity contribution is -0.123. The summed E-state index contributed by atoms with van der Waals surface area (Å²) in [7, 11) is 0. The van der Waals surface area contributed by atoms with Crippen LogP contribution < -0.4 is 10.9 Å². The molecule has 1 atom stereocenters. The zero-order chi connectivity index (χ0) is 15.2. The summed E-state index contributed by atoms with van der Waals surface area (Å²) in [5.41, 5.74) is 6.44. The first-order valence-electron chi connectivity index (χ1n) is 6.48. The number of halogens is 1. The van der Waals surface area contributed by atoms with Gasteiger partial charge in [0.15, 0.2) is 0 Å². The molecule has 0 saturated carbocycles. The lowest BCUT2D eigenvalue weighted by Crippen LogP contribution is -2.25. The Labute approximate surface area is 130 Å². The van der Waals surface area contributed by atoms with Gasteiger partial charge in [-0.1, -0.05) is 28.1 Å². The van der Waals surface area contributed by atoms with Gasteiger partial charge in [0.1, 0.15) is 0 Å². The van der Waals surface area contributed by atoms with Gasteiger partial charge in [0.2, 0.25) is 11.8 Å². The van der Waals surface area contributed by atoms with Crippen LogP contribution in [0.5, 0.6) is 0 Å². The van der Waals surface area contributed by atoms with E-state index in [1.54, 1.807) is 13.1 Å². The number of carbonyl (C=O) groups is 2. The fourth-order valence-electron chi connectivity index (χ4n) is 1.89. The standard InChI is InChI=1S/C14H15BrN4O2/c1-9-12(14(21)19-17-9)6-7-13(20)18-16-8-10-2-4-11(15)5-3-10/h2-5,8,12H,6-7H2,1H3,(H,18,20)(H,19,21)/b16-8+. The number of nitrogens with one attached hydrogen (secondary N) is 2. The highest BCUT2D eigenvalue weighted by atomic mass is 79.9. The number of hydrogen-bond acceptors (Lipinski definition) is 4. The molecule has 0 aromatic heterocycles. The number of rotatable bonds is 5. The maximum atomic E-state index is 11.7. The fourth-order valence-corrected chi connectivity index (χ4v) is 2.15. The molecule has 1 aromatic rings. The van der Waals surface area contributed by atoms with Crippen LogP contribution in [0.15, 0.2) is 38.9 Å². The minimum atomic E-state index is -0.314. The highest BCUT2D eigenvalue weighted by Crippen LogP contribution is 2.13. The van der Waals surface area contributed by atoms with Crippen molar-refractivity contribution in [3.63, 3.8) is 0 Å². The van der Waals surface area contributed by atoms with Gasteiger partial charge >= 0.3 is 0 Å². The molecular weight excluding hydrogens is 336 g/mol. The largest absolute Gasteiger partial charge is 0.273 e. The predicted molar refractivity (Wildman–Crippen MR) is 83.9 cm³/mol. The van der Waals surface area contributed by atoms with Crippen molar-refractivity contribution in [2.24, 2.45) is 16.1 Å². The molecule has 2 N–H and O–H groups in total. The zero-order valence-electron chi connectivity index (χ0n) is 11.5. The van der Waals surface area contributed by atoms with Crippen LogP contribution in [0.3, 0.4) is 0 Å². The van der Waals surface area contributed by atoms with E-state index in [0.29, 0.717) is 12.1 Å². The average Bonchev–Trinajstić information content (AvgIpc) is 2.78. The molecule has 2 rings (SSSR count). The monoisotopic (exact) mass is 350 g/mol. The second-order valence-electron chi connectivity index (χ2n) is 4.67. The van der Waals surface area contributed by atoms with E-state index in [-0.39, 0.29) is 24.2 Å². The van der Waals surface area contributed by atoms with Gasteiger partial charge in [0.25, 0.3) is 0 Å². The second kappa shape index (κ2) is 7.12. The Morgan fingerprint density at radius 2 is 2.19 bits per heavy atom. The SMILES string of the molecule is CC1=NNC(=O)C1CCC(=O)N/N=C/c1ccc(Br)cc1. The molecule has 110 valence electrons. The van der Waals surface area contributed by atoms with Crippen molar-refractivity contribution in [1.29, 1.82) is 0 Å². The quantitative estimate of drug-likeness (QED) is 0.626. The molecule has 1 aliphatic heterocycles. The molecule has 2 amide bonds. The molecule has 0 radical (unpaired) electrons. The number of hydrogen-bond donors (Lipinski definition) is 2. The molecule has 1 heterocycles. The van der Waals surface area contributed by atoms with E-state index in [2.05, 4.69) is 37.0 Å². The summed E-state index contributed by atoms with van der Waals surface area (Å²) in [4.78, 5) is 23.1. The number of benzene rings is 1. The minimum Gasteiger partial charge on any atom is -0.273 e. The van der Waals surface area contributed by atoms with Gasteiger partial charge in [0.05, 0.1) is 12.1 Å². The van der Waals surface area contributed by atoms with Crippen LogP contribution in [-0.2, 0) is 9.59 Å². The predicted octanol–water partition coefficient (Wildman–Crippen LogP) is 1.80. The summed E-state index contributed by atoms with van der Waals surface area (Å²) < 4.78 is 0.982. The first-order valence-corrected chi connectivity index (χ1v) is 7.27. The van der Waals surface area contributed by atoms with Crippen LogP contribution in [0.1, 0.15) is 25.3 Å². The second-order valence-corrected chi connectivity index (χ2v) is 5.58. The molecule has 1 unspecified atom stereocenters. The molecule has 0 bridgehead atoms. The van der Waals surface area contributed by atoms with Crippen LogP contribution in [-0.4, -0.2) is 23.7 Å². The van der Waals surface area contributed by atoms with Crippen LogP contribution in [0.2, 0.25) is 0 Å². The van der Waals surface area contributed by atoms with E-state index in [4.69, 9.17) is 0 Å². The maximum Gasteiger partial charge on any atom is 0.248 e. The summed E-state index contributed by atoms with van der Waals surface area (Å²) in [5, 5.41) is 7.72. The van der Waals surface area contributed by atoms with Crippen molar-refractivity contribution in [2.45, 2.75) is 19.8 Å². The third-order valence-electron chi connectivity index (χ3n) is 3.10. The highest BCUT2D eigenvalue weighted by Gasteiger charge is 2.26. The van der Waals surface area contributed by atoms with Gasteiger partial charge in [-0.05, 0) is 31.0 Å². The first kappa shape index (κ1) is 15.4. The van der Waals surface area contributed by atoms with E-state index in [0.717, 1.165) is 10.0 Å². The summed E-state index contributed by atoms with van der Waals surface area (Å²) in [6, 6.07) is 7.54. The van der Waals surface area contributed by atoms with Crippen LogP contribution in [0, 0.1) is 5.92 Å². The van der Waals surface area contributed by atoms with Gasteiger partial charge in [-0.3, -0.25) is 9.59 Å². The summed E-state index contributed by atoms with van der Waals surface area (Å²) in [5.74, 6) is -0.694. The Balaban J connectivity index is 1.76. The van der Waals surface area contributed by atoms with Crippen molar-refractivity contribution >= 4 is 39.7 Å². The van der Waals surface area contributed by atoms with Crippen LogP contribution in [0.4, 0.5) is 0 Å². The Kier molecular flexibility index (Phi) is 5.21. The molecule has 6 nitrogen and oxygen atoms in total. The van der Waals surface area contributed by atoms with Crippen molar-refractivity contribution in [3.8, 4) is 0 Å². The summed E-state index contributed by atoms with van der Waals surface area (Å²) in [6.07, 6.45) is 2.22. The Hall–Kier alpha value is -2.02. The Morgan fingerprint density at radius 3 is 2.81 bits per heavy atom. The van der Waals surface area contributed by atoms with Gasteiger partial charge in [-0.25, -0.2) is 10.9 Å². The fraction of sp³-hybridized carbons (Fsp3) is 0.286. The minimum absolute atomic E-state index is 0.154. The van der Waals surface area contributed by atoms with Gasteiger partial charge in [-0.2, -0.15) is 10.2 Å². The average molecular weight is 351 g/mol. The number of nitrogens with zero attached hydrogens (tertiary/aromatic N) is 2. The molecule has 21 heavy (non-hydrogen) atoms. The first-order chi connectivity index (χ1) is 10.1. The molecule has 7 heteroatoms. The van der Waals surface area contributed by atoms with Crippen molar-refractivity contribution in [1.82, 2.24) is 10.9 Å². The Morgan fingerprint density at radius 1 is 1.48 bits per heavy atom. The lowest BCUT2D eigenvalue weighted by atomic mass is 9.99. The number of amides is 2. The van der Waals surface area contributed by atoms with E-state index in [1.807, 2.05) is 24.3 Å². The smallest absolute Gasteiger partial charge is 0.248 e. The third-order valence-corrected chi connectivity index (χ3v) is 3.62. The maximum absolute atomic E-state index is 11.7. The van der Waals surface area contributed by atoms with E-state index in [1.165, 1.54) is 0 Å². The van der Waals surface area contributed by atoms with E-state index in [9.17, 15) is 9.59 Å². The van der Waals surface area contributed by atoms with Gasteiger partial charge < -0.3 is 0 Å². The molecular formula is C14H15BrN4O2. The molecule has 1 aliphatic rings. The molecule has 0 fully saturated rings. The normalized spacial score (nSPS) is 17.7. The topological polar surface area (TPSA) is 82.9 Å². The van der Waals surface area contributed by atoms with Gasteiger partial charge in [-0.15, -0.1) is 0 Å². The van der Waals surface area contributed by atoms with Crippen LogP contribution in [0.25, 0.3) is 0 Å². The third kappa shape index (κ3) is 4.49. The van der Waals surface area contributed by atoms with Gasteiger partial charge in [0, 0.05) is 16.6 Å². The molecule has 0 aliphatic carbocycles. The zero-order valence-corrected chi connectivity index (χ0v) is 13.1. The van der Waals surface area contributed by atoms with E-state index >= 15 is 0 Å². The Bertz CT molecular complexity index is 595. The van der Waals surface area contributed by atoms with Crippen LogP contribution >= 0.6 is 15.9 Å². The number of carbonyl (C=O) groups excluding carboxylic acids is 2. The van der Waals surface area contributed by atoms with Crippen molar-refractivity contribution < 1.29 is 9.59 Å². The van der Waals surface area contributed by atoms with E-state index < -0.39 is 0 Å². The lowest BCUT2D eigenvalue weighted by Gasteiger charge is -2.06. The molecule has 0 saturated heterocycles. The van der Waals surface area contributed by atoms with Crippen molar-refractivity contribution in [3.05, 3.63) is 34.3 Å². The summed E-state index contributed by atoms with van der Waals surface area (Å²) in [6.45, 7) is 1.77. The molecule has 0 spiro atoms. The molecule has 1 aromatic carbocycles. The highest BCUT2D eigenvalue weighted by molar-refractivity contribution is 9.10. The number of hydrazone groups is 2. The van der Waals surface area contributed by atoms with Crippen molar-refractivity contribution in [2.75, 3.05) is 0 Å².